The highest BCUT2D eigenvalue weighted by Crippen LogP contribution is 2.48. The van der Waals surface area contributed by atoms with E-state index >= 15 is 0 Å². The quantitative estimate of drug-likeness (QED) is 0.356. The van der Waals surface area contributed by atoms with E-state index in [9.17, 15) is 9.59 Å². The molecule has 1 heterocycles. The summed E-state index contributed by atoms with van der Waals surface area (Å²) in [5, 5.41) is 6.03. The topological polar surface area (TPSA) is 86.9 Å². The Morgan fingerprint density at radius 2 is 1.65 bits per heavy atom. The minimum absolute atomic E-state index is 0.150. The first-order chi connectivity index (χ1) is 16.6. The van der Waals surface area contributed by atoms with Crippen molar-refractivity contribution in [3.8, 4) is 11.4 Å². The number of carbonyl (C=O) groups excluding carboxylic acids is 2. The van der Waals surface area contributed by atoms with Gasteiger partial charge in [0.05, 0.1) is 11.0 Å². The Balaban J connectivity index is 1.15. The van der Waals surface area contributed by atoms with Crippen molar-refractivity contribution in [2.24, 2.45) is 17.8 Å². The molecule has 0 aliphatic heterocycles. The molecule has 34 heavy (non-hydrogen) atoms. The van der Waals surface area contributed by atoms with Gasteiger partial charge in [0.15, 0.2) is 0 Å². The van der Waals surface area contributed by atoms with Crippen molar-refractivity contribution in [3.63, 3.8) is 0 Å². The molecule has 6 rings (SSSR count). The molecule has 3 N–H and O–H groups in total. The summed E-state index contributed by atoms with van der Waals surface area (Å²) in [6, 6.07) is 22.5. The molecule has 2 amide bonds. The smallest absolute Gasteiger partial charge is 0.255 e. The fourth-order valence-electron chi connectivity index (χ4n) is 5.53. The number of carbonyl (C=O) groups is 2. The fraction of sp³-hybridized carbons (Fsp3) is 0.250. The SMILES string of the molecule is O=C(Nc1ccc2nc(-c3ccc(NC(=O)C4CC5CCC4C5)cc3)[nH]c2c1)c1ccccc1. The van der Waals surface area contributed by atoms with E-state index in [4.69, 9.17) is 0 Å². The minimum atomic E-state index is -0.150. The summed E-state index contributed by atoms with van der Waals surface area (Å²) in [6.45, 7) is 0. The zero-order valence-electron chi connectivity index (χ0n) is 18.8. The summed E-state index contributed by atoms with van der Waals surface area (Å²) < 4.78 is 0. The molecule has 1 aromatic heterocycles. The fourth-order valence-corrected chi connectivity index (χ4v) is 5.53. The van der Waals surface area contributed by atoms with Crippen molar-refractivity contribution in [2.45, 2.75) is 25.7 Å². The van der Waals surface area contributed by atoms with Crippen molar-refractivity contribution < 1.29 is 9.59 Å². The Morgan fingerprint density at radius 1 is 0.853 bits per heavy atom. The lowest BCUT2D eigenvalue weighted by atomic mass is 9.88. The lowest BCUT2D eigenvalue weighted by Crippen LogP contribution is -2.27. The normalized spacial score (nSPS) is 21.0. The number of H-pyrrole nitrogens is 1. The van der Waals surface area contributed by atoms with Crippen LogP contribution in [0.2, 0.25) is 0 Å². The van der Waals surface area contributed by atoms with Crippen molar-refractivity contribution in [1.82, 2.24) is 9.97 Å². The zero-order chi connectivity index (χ0) is 23.1. The first-order valence-corrected chi connectivity index (χ1v) is 11.9. The molecule has 2 saturated carbocycles. The summed E-state index contributed by atoms with van der Waals surface area (Å²) >= 11 is 0. The number of hydrogen-bond donors (Lipinski definition) is 3. The predicted molar refractivity (Wildman–Crippen MR) is 133 cm³/mol. The summed E-state index contributed by atoms with van der Waals surface area (Å²) in [6.07, 6.45) is 4.76. The number of nitrogens with zero attached hydrogens (tertiary/aromatic N) is 1. The predicted octanol–water partition coefficient (Wildman–Crippen LogP) is 5.86. The van der Waals surface area contributed by atoms with Crippen molar-refractivity contribution >= 4 is 34.2 Å². The summed E-state index contributed by atoms with van der Waals surface area (Å²) in [4.78, 5) is 33.2. The Morgan fingerprint density at radius 3 is 2.38 bits per heavy atom. The number of benzene rings is 3. The van der Waals surface area contributed by atoms with Gasteiger partial charge in [-0.2, -0.15) is 0 Å². The highest BCUT2D eigenvalue weighted by molar-refractivity contribution is 6.05. The van der Waals surface area contributed by atoms with Gasteiger partial charge >= 0.3 is 0 Å². The maximum Gasteiger partial charge on any atom is 0.255 e. The molecule has 0 radical (unpaired) electrons. The van der Waals surface area contributed by atoms with Crippen LogP contribution in [-0.4, -0.2) is 21.8 Å². The van der Waals surface area contributed by atoms with Crippen molar-refractivity contribution in [1.29, 1.82) is 0 Å². The number of rotatable bonds is 5. The lowest BCUT2D eigenvalue weighted by Gasteiger charge is -2.20. The Labute approximate surface area is 197 Å². The van der Waals surface area contributed by atoms with Gasteiger partial charge in [0.1, 0.15) is 5.82 Å². The highest BCUT2D eigenvalue weighted by atomic mass is 16.2. The maximum atomic E-state index is 12.7. The van der Waals surface area contributed by atoms with E-state index in [2.05, 4.69) is 20.6 Å². The molecular weight excluding hydrogens is 424 g/mol. The number of nitrogens with one attached hydrogen (secondary N) is 3. The summed E-state index contributed by atoms with van der Waals surface area (Å²) in [7, 11) is 0. The standard InChI is InChI=1S/C28H26N4O2/c33-27(19-4-2-1-3-5-19)30-22-12-13-24-25(16-22)32-26(31-24)18-8-10-21(11-9-18)29-28(34)23-15-17-6-7-20(23)14-17/h1-5,8-13,16-17,20,23H,6-7,14-15H2,(H,29,34)(H,30,33)(H,31,32). The van der Waals surface area contributed by atoms with Crippen LogP contribution in [0.1, 0.15) is 36.0 Å². The molecular formula is C28H26N4O2. The van der Waals surface area contributed by atoms with Crippen LogP contribution in [0.3, 0.4) is 0 Å². The highest BCUT2D eigenvalue weighted by Gasteiger charge is 2.43. The number of imidazole rings is 1. The zero-order valence-corrected chi connectivity index (χ0v) is 18.8. The molecule has 0 saturated heterocycles. The van der Waals surface area contributed by atoms with Crippen LogP contribution in [-0.2, 0) is 4.79 Å². The molecule has 2 fully saturated rings. The molecule has 3 atom stereocenters. The third-order valence-electron chi connectivity index (χ3n) is 7.28. The number of amides is 2. The summed E-state index contributed by atoms with van der Waals surface area (Å²) in [5.41, 5.74) is 4.73. The molecule has 2 aliphatic carbocycles. The van der Waals surface area contributed by atoms with Crippen LogP contribution in [0.4, 0.5) is 11.4 Å². The average molecular weight is 451 g/mol. The van der Waals surface area contributed by atoms with Gasteiger partial charge in [-0.3, -0.25) is 9.59 Å². The second-order valence-electron chi connectivity index (χ2n) is 9.49. The lowest BCUT2D eigenvalue weighted by molar-refractivity contribution is -0.121. The van der Waals surface area contributed by atoms with E-state index in [-0.39, 0.29) is 17.7 Å². The molecule has 4 aromatic rings. The van der Waals surface area contributed by atoms with Gasteiger partial charge in [-0.1, -0.05) is 24.6 Å². The van der Waals surface area contributed by atoms with E-state index in [1.54, 1.807) is 12.1 Å². The first-order valence-electron chi connectivity index (χ1n) is 11.9. The molecule has 3 aromatic carbocycles. The average Bonchev–Trinajstić information content (AvgIpc) is 3.61. The Bertz CT molecular complexity index is 1360. The molecule has 0 spiro atoms. The van der Waals surface area contributed by atoms with Gasteiger partial charge in [-0.25, -0.2) is 4.98 Å². The van der Waals surface area contributed by atoms with Crippen LogP contribution in [0.25, 0.3) is 22.4 Å². The first kappa shape index (κ1) is 20.7. The third kappa shape index (κ3) is 3.96. The van der Waals surface area contributed by atoms with Crippen molar-refractivity contribution in [2.75, 3.05) is 10.6 Å². The maximum absolute atomic E-state index is 12.7. The Hall–Kier alpha value is -3.93. The van der Waals surface area contributed by atoms with E-state index in [0.717, 1.165) is 40.4 Å². The number of aromatic nitrogens is 2. The van der Waals surface area contributed by atoms with Gasteiger partial charge in [0.25, 0.3) is 5.91 Å². The summed E-state index contributed by atoms with van der Waals surface area (Å²) in [5.74, 6) is 2.25. The van der Waals surface area contributed by atoms with Crippen LogP contribution < -0.4 is 10.6 Å². The molecule has 2 bridgehead atoms. The Kier molecular flexibility index (Phi) is 5.13. The largest absolute Gasteiger partial charge is 0.338 e. The molecule has 3 unspecified atom stereocenters. The van der Waals surface area contributed by atoms with Crippen LogP contribution in [0.5, 0.6) is 0 Å². The molecule has 6 heteroatoms. The van der Waals surface area contributed by atoms with E-state index in [0.29, 0.717) is 17.2 Å². The number of anilines is 2. The van der Waals surface area contributed by atoms with Crippen LogP contribution >= 0.6 is 0 Å². The van der Waals surface area contributed by atoms with Crippen LogP contribution in [0, 0.1) is 17.8 Å². The van der Waals surface area contributed by atoms with Crippen LogP contribution in [0.15, 0.2) is 72.8 Å². The number of fused-ring (bicyclic) bond motifs is 3. The van der Waals surface area contributed by atoms with Gasteiger partial charge in [-0.15, -0.1) is 0 Å². The van der Waals surface area contributed by atoms with Crippen molar-refractivity contribution in [3.05, 3.63) is 78.4 Å². The van der Waals surface area contributed by atoms with E-state index in [1.807, 2.05) is 60.7 Å². The van der Waals surface area contributed by atoms with E-state index in [1.165, 1.54) is 19.3 Å². The molecule has 2 aliphatic rings. The second-order valence-corrected chi connectivity index (χ2v) is 9.49. The second kappa shape index (κ2) is 8.45. The number of hydrogen-bond acceptors (Lipinski definition) is 3. The van der Waals surface area contributed by atoms with Gasteiger partial charge in [-0.05, 0) is 85.7 Å². The third-order valence-corrected chi connectivity index (χ3v) is 7.28. The van der Waals surface area contributed by atoms with Gasteiger partial charge in [0, 0.05) is 28.4 Å². The van der Waals surface area contributed by atoms with Gasteiger partial charge < -0.3 is 15.6 Å². The molecule has 6 nitrogen and oxygen atoms in total. The number of aromatic amines is 1. The molecule has 170 valence electrons. The monoisotopic (exact) mass is 450 g/mol. The van der Waals surface area contributed by atoms with Gasteiger partial charge in [0.2, 0.25) is 5.91 Å². The van der Waals surface area contributed by atoms with E-state index < -0.39 is 0 Å². The minimum Gasteiger partial charge on any atom is -0.338 e.